The Morgan fingerprint density at radius 1 is 1.27 bits per heavy atom. The molecule has 0 heterocycles. The van der Waals surface area contributed by atoms with Crippen LogP contribution in [0.2, 0.25) is 0 Å². The van der Waals surface area contributed by atoms with Gasteiger partial charge in [0.1, 0.15) is 0 Å². The lowest BCUT2D eigenvalue weighted by atomic mass is 9.82. The summed E-state index contributed by atoms with van der Waals surface area (Å²) in [5.41, 5.74) is 6.15. The molecule has 2 aliphatic rings. The molecule has 2 saturated carbocycles. The van der Waals surface area contributed by atoms with Gasteiger partial charge in [0.05, 0.1) is 0 Å². The van der Waals surface area contributed by atoms with Crippen molar-refractivity contribution in [2.45, 2.75) is 45.1 Å². The van der Waals surface area contributed by atoms with Gasteiger partial charge < -0.3 is 5.73 Å². The third-order valence-electron chi connectivity index (χ3n) is 3.78. The molecule has 2 rings (SSSR count). The zero-order valence-electron chi connectivity index (χ0n) is 7.42. The van der Waals surface area contributed by atoms with E-state index in [2.05, 4.69) is 6.92 Å². The minimum absolute atomic E-state index is 0.564. The first kappa shape index (κ1) is 7.60. The van der Waals surface area contributed by atoms with Crippen LogP contribution >= 0.6 is 0 Å². The second-order valence-electron chi connectivity index (χ2n) is 4.36. The molecule has 2 N–H and O–H groups in total. The fourth-order valence-corrected chi connectivity index (χ4v) is 3.22. The Labute approximate surface area is 69.4 Å². The van der Waals surface area contributed by atoms with Crippen molar-refractivity contribution < 1.29 is 0 Å². The summed E-state index contributed by atoms with van der Waals surface area (Å²) in [7, 11) is 0. The second kappa shape index (κ2) is 2.78. The van der Waals surface area contributed by atoms with Crippen molar-refractivity contribution in [3.05, 3.63) is 0 Å². The SMILES string of the molecule is CCC[C@@H]1[C@H]2CC[C@H](C2)[C@H]1N. The fraction of sp³-hybridized carbons (Fsp3) is 1.00. The zero-order valence-corrected chi connectivity index (χ0v) is 7.42. The van der Waals surface area contributed by atoms with Crippen molar-refractivity contribution in [1.82, 2.24) is 0 Å². The highest BCUT2D eigenvalue weighted by Gasteiger charge is 2.44. The Balaban J connectivity index is 2.00. The molecule has 2 bridgehead atoms. The molecule has 0 spiro atoms. The normalized spacial score (nSPS) is 48.5. The molecule has 2 fully saturated rings. The van der Waals surface area contributed by atoms with Gasteiger partial charge in [-0.1, -0.05) is 13.3 Å². The van der Waals surface area contributed by atoms with Crippen LogP contribution in [0.15, 0.2) is 0 Å². The van der Waals surface area contributed by atoms with Crippen LogP contribution in [-0.4, -0.2) is 6.04 Å². The van der Waals surface area contributed by atoms with Crippen molar-refractivity contribution >= 4 is 0 Å². The summed E-state index contributed by atoms with van der Waals surface area (Å²) < 4.78 is 0. The molecule has 0 amide bonds. The van der Waals surface area contributed by atoms with Crippen molar-refractivity contribution in [3.63, 3.8) is 0 Å². The Kier molecular flexibility index (Phi) is 1.92. The Morgan fingerprint density at radius 3 is 2.55 bits per heavy atom. The first-order valence-electron chi connectivity index (χ1n) is 5.08. The van der Waals surface area contributed by atoms with Crippen molar-refractivity contribution in [2.75, 3.05) is 0 Å². The number of hydrogen-bond donors (Lipinski definition) is 1. The lowest BCUT2D eigenvalue weighted by molar-refractivity contribution is 0.271. The summed E-state index contributed by atoms with van der Waals surface area (Å²) >= 11 is 0. The molecule has 0 aliphatic heterocycles. The second-order valence-corrected chi connectivity index (χ2v) is 4.36. The average Bonchev–Trinajstić information content (AvgIpc) is 2.54. The molecule has 1 nitrogen and oxygen atoms in total. The minimum Gasteiger partial charge on any atom is -0.327 e. The molecule has 0 aromatic rings. The smallest absolute Gasteiger partial charge is 0.00983 e. The van der Waals surface area contributed by atoms with E-state index >= 15 is 0 Å². The van der Waals surface area contributed by atoms with E-state index in [1.54, 1.807) is 0 Å². The Hall–Kier alpha value is -0.0400. The molecule has 0 aromatic carbocycles. The van der Waals surface area contributed by atoms with Crippen LogP contribution in [0.4, 0.5) is 0 Å². The van der Waals surface area contributed by atoms with E-state index < -0.39 is 0 Å². The predicted molar refractivity (Wildman–Crippen MR) is 47.2 cm³/mol. The average molecular weight is 153 g/mol. The molecule has 11 heavy (non-hydrogen) atoms. The van der Waals surface area contributed by atoms with Gasteiger partial charge in [0.15, 0.2) is 0 Å². The molecule has 1 heteroatoms. The minimum atomic E-state index is 0.564. The van der Waals surface area contributed by atoms with E-state index in [1.807, 2.05) is 0 Å². The largest absolute Gasteiger partial charge is 0.327 e. The molecule has 4 atom stereocenters. The van der Waals surface area contributed by atoms with Gasteiger partial charge in [-0.05, 0) is 43.4 Å². The van der Waals surface area contributed by atoms with Gasteiger partial charge in [0.2, 0.25) is 0 Å². The third kappa shape index (κ3) is 1.10. The van der Waals surface area contributed by atoms with E-state index in [1.165, 1.54) is 32.1 Å². The van der Waals surface area contributed by atoms with E-state index in [-0.39, 0.29) is 0 Å². The van der Waals surface area contributed by atoms with Gasteiger partial charge in [-0.3, -0.25) is 0 Å². The molecule has 0 unspecified atom stereocenters. The van der Waals surface area contributed by atoms with Crippen LogP contribution in [0.1, 0.15) is 39.0 Å². The standard InChI is InChI=1S/C10H19N/c1-2-3-9-7-4-5-8(6-7)10(9)11/h7-10H,2-6,11H2,1H3/t7-,8+,9+,10+/m0/s1. The topological polar surface area (TPSA) is 26.0 Å². The van der Waals surface area contributed by atoms with Gasteiger partial charge in [-0.2, -0.15) is 0 Å². The Morgan fingerprint density at radius 2 is 2.00 bits per heavy atom. The summed E-state index contributed by atoms with van der Waals surface area (Å²) in [6.45, 7) is 2.28. The van der Waals surface area contributed by atoms with E-state index in [9.17, 15) is 0 Å². The van der Waals surface area contributed by atoms with Gasteiger partial charge in [-0.25, -0.2) is 0 Å². The van der Waals surface area contributed by atoms with Crippen LogP contribution in [0.3, 0.4) is 0 Å². The lowest BCUT2D eigenvalue weighted by Gasteiger charge is -2.27. The van der Waals surface area contributed by atoms with Crippen molar-refractivity contribution in [3.8, 4) is 0 Å². The van der Waals surface area contributed by atoms with E-state index in [4.69, 9.17) is 5.73 Å². The van der Waals surface area contributed by atoms with Crippen molar-refractivity contribution in [1.29, 1.82) is 0 Å². The molecular weight excluding hydrogens is 134 g/mol. The van der Waals surface area contributed by atoms with Crippen LogP contribution in [-0.2, 0) is 0 Å². The number of hydrogen-bond acceptors (Lipinski definition) is 1. The Bertz CT molecular complexity index is 142. The predicted octanol–water partition coefficient (Wildman–Crippen LogP) is 2.16. The number of nitrogens with two attached hydrogens (primary N) is 1. The molecule has 0 saturated heterocycles. The molecule has 2 aliphatic carbocycles. The molecule has 64 valence electrons. The first-order valence-corrected chi connectivity index (χ1v) is 5.08. The van der Waals surface area contributed by atoms with E-state index in [0.717, 1.165) is 17.8 Å². The summed E-state index contributed by atoms with van der Waals surface area (Å²) in [5, 5.41) is 0. The summed E-state index contributed by atoms with van der Waals surface area (Å²) in [4.78, 5) is 0. The molecule has 0 aromatic heterocycles. The van der Waals surface area contributed by atoms with Gasteiger partial charge >= 0.3 is 0 Å². The third-order valence-corrected chi connectivity index (χ3v) is 3.78. The summed E-state index contributed by atoms with van der Waals surface area (Å²) in [6.07, 6.45) is 7.05. The van der Waals surface area contributed by atoms with Gasteiger partial charge in [-0.15, -0.1) is 0 Å². The monoisotopic (exact) mass is 153 g/mol. The number of fused-ring (bicyclic) bond motifs is 2. The fourth-order valence-electron chi connectivity index (χ4n) is 3.22. The highest BCUT2D eigenvalue weighted by atomic mass is 14.7. The number of rotatable bonds is 2. The van der Waals surface area contributed by atoms with Crippen molar-refractivity contribution in [2.24, 2.45) is 23.5 Å². The van der Waals surface area contributed by atoms with Crippen LogP contribution in [0.5, 0.6) is 0 Å². The maximum atomic E-state index is 6.15. The van der Waals surface area contributed by atoms with Crippen LogP contribution in [0.25, 0.3) is 0 Å². The van der Waals surface area contributed by atoms with E-state index in [0.29, 0.717) is 6.04 Å². The highest BCUT2D eigenvalue weighted by Crippen LogP contribution is 2.49. The maximum absolute atomic E-state index is 6.15. The molecule has 0 radical (unpaired) electrons. The zero-order chi connectivity index (χ0) is 7.84. The van der Waals surface area contributed by atoms with Gasteiger partial charge in [0.25, 0.3) is 0 Å². The van der Waals surface area contributed by atoms with Gasteiger partial charge in [0, 0.05) is 6.04 Å². The highest BCUT2D eigenvalue weighted by molar-refractivity contribution is 4.98. The lowest BCUT2D eigenvalue weighted by Crippen LogP contribution is -2.35. The van der Waals surface area contributed by atoms with Crippen LogP contribution in [0, 0.1) is 17.8 Å². The summed E-state index contributed by atoms with van der Waals surface area (Å²) in [6, 6.07) is 0.564. The van der Waals surface area contributed by atoms with Crippen LogP contribution < -0.4 is 5.73 Å². The molecular formula is C10H19N. The first-order chi connectivity index (χ1) is 5.33. The summed E-state index contributed by atoms with van der Waals surface area (Å²) in [5.74, 6) is 2.80. The quantitative estimate of drug-likeness (QED) is 0.646. The maximum Gasteiger partial charge on any atom is 0.00983 e.